The van der Waals surface area contributed by atoms with Crippen molar-refractivity contribution in [3.05, 3.63) is 52.4 Å². The zero-order valence-corrected chi connectivity index (χ0v) is 16.1. The van der Waals surface area contributed by atoms with Crippen LogP contribution in [0, 0.1) is 5.82 Å². The van der Waals surface area contributed by atoms with Gasteiger partial charge in [-0.15, -0.1) is 0 Å². The molecule has 2 aromatic rings. The molecule has 0 radical (unpaired) electrons. The van der Waals surface area contributed by atoms with E-state index in [2.05, 4.69) is 10.1 Å². The largest absolute Gasteiger partial charge is 0.497 e. The summed E-state index contributed by atoms with van der Waals surface area (Å²) >= 11 is 5.79. The number of hydrogen-bond donors (Lipinski definition) is 0. The van der Waals surface area contributed by atoms with Crippen LogP contribution in [0.25, 0.3) is 0 Å². The maximum absolute atomic E-state index is 14.0. The topological polar surface area (TPSA) is 52.9 Å². The summed E-state index contributed by atoms with van der Waals surface area (Å²) in [7, 11) is 1.49. The van der Waals surface area contributed by atoms with E-state index < -0.39 is 17.6 Å². The van der Waals surface area contributed by atoms with Crippen LogP contribution >= 0.6 is 11.6 Å². The first-order valence-corrected chi connectivity index (χ1v) is 9.08. The van der Waals surface area contributed by atoms with Crippen molar-refractivity contribution < 1.29 is 31.9 Å². The highest BCUT2D eigenvalue weighted by Crippen LogP contribution is 2.33. The lowest BCUT2D eigenvalue weighted by Gasteiger charge is -2.11. The Hall–Kier alpha value is -2.55. The van der Waals surface area contributed by atoms with Crippen LogP contribution in [0.2, 0.25) is 5.02 Å². The first-order chi connectivity index (χ1) is 13.8. The number of oxime groups is 1. The Labute approximate surface area is 169 Å². The van der Waals surface area contributed by atoms with Crippen molar-refractivity contribution in [3.8, 4) is 11.6 Å². The van der Waals surface area contributed by atoms with Gasteiger partial charge in [0.15, 0.2) is 0 Å². The van der Waals surface area contributed by atoms with Crippen LogP contribution in [0.4, 0.5) is 17.6 Å². The van der Waals surface area contributed by atoms with Gasteiger partial charge in [0, 0.05) is 18.2 Å². The number of alkyl halides is 3. The molecule has 5 nitrogen and oxygen atoms in total. The van der Waals surface area contributed by atoms with Gasteiger partial charge in [-0.3, -0.25) is 0 Å². The summed E-state index contributed by atoms with van der Waals surface area (Å²) in [5.41, 5.74) is -0.132. The molecule has 0 spiro atoms. The number of ether oxygens (including phenoxy) is 2. The Morgan fingerprint density at radius 2 is 2.07 bits per heavy atom. The Bertz CT molecular complexity index is 906. The van der Waals surface area contributed by atoms with Crippen molar-refractivity contribution in [2.45, 2.75) is 31.5 Å². The van der Waals surface area contributed by atoms with Gasteiger partial charge in [-0.1, -0.05) is 16.8 Å². The first-order valence-electron chi connectivity index (χ1n) is 8.70. The van der Waals surface area contributed by atoms with Crippen molar-refractivity contribution in [1.29, 1.82) is 0 Å². The summed E-state index contributed by atoms with van der Waals surface area (Å²) in [4.78, 5) is 8.95. The molecule has 0 saturated heterocycles. The number of aromatic nitrogens is 1. The molecule has 156 valence electrons. The van der Waals surface area contributed by atoms with E-state index in [0.717, 1.165) is 6.07 Å². The molecule has 1 atom stereocenters. The first kappa shape index (κ1) is 21.2. The minimum atomic E-state index is -4.52. The molecule has 0 aliphatic carbocycles. The maximum atomic E-state index is 14.0. The van der Waals surface area contributed by atoms with Crippen LogP contribution in [0.1, 0.15) is 30.4 Å². The number of pyridine rings is 1. The van der Waals surface area contributed by atoms with Gasteiger partial charge in [0.25, 0.3) is 0 Å². The third-order valence-corrected chi connectivity index (χ3v) is 4.53. The van der Waals surface area contributed by atoms with Gasteiger partial charge in [-0.2, -0.15) is 13.2 Å². The van der Waals surface area contributed by atoms with E-state index in [9.17, 15) is 17.6 Å². The standard InChI is InChI=1S/C19H17ClF4N2O3/c1-27-12-4-5-16(21)14(8-12)17-9-13(29-26-17)3-2-6-28-18-15(20)7-11(10-25-18)19(22,23)24/h4-5,7-8,10,13H,2-3,6,9H2,1H3. The summed E-state index contributed by atoms with van der Waals surface area (Å²) in [5, 5.41) is 3.74. The van der Waals surface area contributed by atoms with Gasteiger partial charge >= 0.3 is 6.18 Å². The van der Waals surface area contributed by atoms with Crippen LogP contribution < -0.4 is 9.47 Å². The van der Waals surface area contributed by atoms with E-state index in [-0.39, 0.29) is 23.6 Å². The van der Waals surface area contributed by atoms with Crippen LogP contribution in [0.15, 0.2) is 35.6 Å². The average molecular weight is 433 g/mol. The molecule has 29 heavy (non-hydrogen) atoms. The Kier molecular flexibility index (Phi) is 6.46. The Balaban J connectivity index is 1.47. The lowest BCUT2D eigenvalue weighted by atomic mass is 10.0. The second-order valence-corrected chi connectivity index (χ2v) is 6.72. The van der Waals surface area contributed by atoms with Crippen molar-refractivity contribution in [1.82, 2.24) is 4.98 Å². The molecular weight excluding hydrogens is 416 g/mol. The number of hydrogen-bond acceptors (Lipinski definition) is 5. The Morgan fingerprint density at radius 1 is 1.28 bits per heavy atom. The summed E-state index contributed by atoms with van der Waals surface area (Å²) in [6, 6.07) is 5.15. The SMILES string of the molecule is COc1ccc(F)c(C2=NOC(CCCOc3ncc(C(F)(F)F)cc3Cl)C2)c1. The van der Waals surface area contributed by atoms with Crippen molar-refractivity contribution in [3.63, 3.8) is 0 Å². The number of rotatable bonds is 7. The van der Waals surface area contributed by atoms with Gasteiger partial charge in [0.2, 0.25) is 5.88 Å². The summed E-state index contributed by atoms with van der Waals surface area (Å²) < 4.78 is 62.3. The van der Waals surface area contributed by atoms with Crippen LogP contribution in [0.3, 0.4) is 0 Å². The molecule has 0 N–H and O–H groups in total. The lowest BCUT2D eigenvalue weighted by Crippen LogP contribution is -2.12. The number of benzene rings is 1. The monoisotopic (exact) mass is 432 g/mol. The van der Waals surface area contributed by atoms with Crippen LogP contribution in [-0.2, 0) is 11.0 Å². The van der Waals surface area contributed by atoms with Gasteiger partial charge in [0.1, 0.15) is 22.7 Å². The second-order valence-electron chi connectivity index (χ2n) is 6.31. The van der Waals surface area contributed by atoms with Crippen molar-refractivity contribution in [2.24, 2.45) is 5.16 Å². The van der Waals surface area contributed by atoms with Crippen molar-refractivity contribution in [2.75, 3.05) is 13.7 Å². The fourth-order valence-corrected chi connectivity index (χ4v) is 2.98. The fraction of sp³-hybridized carbons (Fsp3) is 0.368. The molecule has 1 aliphatic rings. The average Bonchev–Trinajstić information content (AvgIpc) is 3.14. The van der Waals surface area contributed by atoms with Crippen LogP contribution in [-0.4, -0.2) is 30.5 Å². The zero-order chi connectivity index (χ0) is 21.0. The fourth-order valence-electron chi connectivity index (χ4n) is 2.76. The number of halogens is 5. The van der Waals surface area contributed by atoms with E-state index in [4.69, 9.17) is 25.9 Å². The molecular formula is C19H17ClF4N2O3. The third-order valence-electron chi connectivity index (χ3n) is 4.26. The van der Waals surface area contributed by atoms with Gasteiger partial charge in [-0.05, 0) is 37.1 Å². The quantitative estimate of drug-likeness (QED) is 0.443. The second kappa shape index (κ2) is 8.86. The highest BCUT2D eigenvalue weighted by molar-refractivity contribution is 6.31. The highest BCUT2D eigenvalue weighted by atomic mass is 35.5. The number of methoxy groups -OCH3 is 1. The smallest absolute Gasteiger partial charge is 0.417 e. The molecule has 10 heteroatoms. The van der Waals surface area contributed by atoms with E-state index in [1.165, 1.54) is 19.2 Å². The minimum Gasteiger partial charge on any atom is -0.497 e. The van der Waals surface area contributed by atoms with Crippen LogP contribution in [0.5, 0.6) is 11.6 Å². The predicted molar refractivity (Wildman–Crippen MR) is 98.0 cm³/mol. The maximum Gasteiger partial charge on any atom is 0.417 e. The summed E-state index contributed by atoms with van der Waals surface area (Å²) in [5.74, 6) is 0.0319. The molecule has 0 amide bonds. The highest BCUT2D eigenvalue weighted by Gasteiger charge is 2.31. The molecule has 2 heterocycles. The third kappa shape index (κ3) is 5.29. The number of nitrogens with zero attached hydrogens (tertiary/aromatic N) is 2. The van der Waals surface area contributed by atoms with Gasteiger partial charge in [0.05, 0.1) is 25.0 Å². The van der Waals surface area contributed by atoms with E-state index in [1.807, 2.05) is 0 Å². The minimum absolute atomic E-state index is 0.0672. The predicted octanol–water partition coefficient (Wildman–Crippen LogP) is 5.25. The molecule has 1 aromatic heterocycles. The normalized spacial score (nSPS) is 16.3. The molecule has 0 fully saturated rings. The van der Waals surface area contributed by atoms with Gasteiger partial charge < -0.3 is 14.3 Å². The van der Waals surface area contributed by atoms with E-state index in [1.54, 1.807) is 6.07 Å². The molecule has 1 aromatic carbocycles. The Morgan fingerprint density at radius 3 is 2.76 bits per heavy atom. The van der Waals surface area contributed by atoms with E-state index >= 15 is 0 Å². The summed E-state index contributed by atoms with van der Waals surface area (Å²) in [6.45, 7) is 0.181. The molecule has 3 rings (SSSR count). The van der Waals surface area contributed by atoms with E-state index in [0.29, 0.717) is 42.5 Å². The molecule has 0 bridgehead atoms. The lowest BCUT2D eigenvalue weighted by molar-refractivity contribution is -0.137. The zero-order valence-electron chi connectivity index (χ0n) is 15.3. The molecule has 1 aliphatic heterocycles. The van der Waals surface area contributed by atoms with Crippen molar-refractivity contribution >= 4 is 17.3 Å². The molecule has 0 saturated carbocycles. The van der Waals surface area contributed by atoms with Gasteiger partial charge in [-0.25, -0.2) is 9.37 Å². The summed E-state index contributed by atoms with van der Waals surface area (Å²) in [6.07, 6.45) is -2.61. The molecule has 1 unspecified atom stereocenters.